The molecule has 4 heteroatoms. The van der Waals surface area contributed by atoms with Gasteiger partial charge in [-0.3, -0.25) is 0 Å². The summed E-state index contributed by atoms with van der Waals surface area (Å²) in [6.07, 6.45) is 6.28. The molecule has 2 fully saturated rings. The first-order chi connectivity index (χ1) is 10.1. The molecular weight excluding hydrogens is 282 g/mol. The SMILES string of the molecule is NC1CCC(c2ccccc2)CC1S(=O)(=O)C1CCCC1. The van der Waals surface area contributed by atoms with Crippen LogP contribution in [0.2, 0.25) is 0 Å². The Morgan fingerprint density at radius 3 is 2.29 bits per heavy atom. The maximum atomic E-state index is 12.9. The predicted molar refractivity (Wildman–Crippen MR) is 86.0 cm³/mol. The number of sulfone groups is 1. The minimum absolute atomic E-state index is 0.136. The lowest BCUT2D eigenvalue weighted by atomic mass is 9.82. The number of rotatable bonds is 3. The van der Waals surface area contributed by atoms with E-state index in [1.54, 1.807) is 0 Å². The molecule has 0 bridgehead atoms. The normalized spacial score (nSPS) is 31.4. The van der Waals surface area contributed by atoms with Crippen molar-refractivity contribution in [2.75, 3.05) is 0 Å². The molecule has 1 aromatic carbocycles. The molecule has 3 rings (SSSR count). The van der Waals surface area contributed by atoms with Crippen molar-refractivity contribution in [3.63, 3.8) is 0 Å². The van der Waals surface area contributed by atoms with Gasteiger partial charge in [0.1, 0.15) is 0 Å². The average molecular weight is 307 g/mol. The smallest absolute Gasteiger partial charge is 0.157 e. The number of hydrogen-bond donors (Lipinski definition) is 1. The summed E-state index contributed by atoms with van der Waals surface area (Å²) >= 11 is 0. The van der Waals surface area contributed by atoms with Crippen LogP contribution in [0.1, 0.15) is 56.4 Å². The molecular formula is C17H25NO2S. The molecule has 2 saturated carbocycles. The molecule has 0 saturated heterocycles. The zero-order chi connectivity index (χ0) is 14.9. The predicted octanol–water partition coefficient (Wildman–Crippen LogP) is 3.01. The van der Waals surface area contributed by atoms with Gasteiger partial charge in [0.2, 0.25) is 0 Å². The van der Waals surface area contributed by atoms with Crippen LogP contribution in [-0.2, 0) is 9.84 Å². The van der Waals surface area contributed by atoms with Gasteiger partial charge in [0.25, 0.3) is 0 Å². The molecule has 0 aliphatic heterocycles. The topological polar surface area (TPSA) is 60.2 Å². The van der Waals surface area contributed by atoms with E-state index in [2.05, 4.69) is 12.1 Å². The molecule has 2 N–H and O–H groups in total. The second-order valence-corrected chi connectivity index (χ2v) is 9.07. The number of hydrogen-bond acceptors (Lipinski definition) is 3. The van der Waals surface area contributed by atoms with Gasteiger partial charge in [-0.05, 0) is 43.6 Å². The fourth-order valence-electron chi connectivity index (χ4n) is 4.02. The molecule has 1 aromatic rings. The molecule has 2 aliphatic carbocycles. The highest BCUT2D eigenvalue weighted by Gasteiger charge is 2.42. The fraction of sp³-hybridized carbons (Fsp3) is 0.647. The van der Waals surface area contributed by atoms with E-state index in [9.17, 15) is 8.42 Å². The lowest BCUT2D eigenvalue weighted by Gasteiger charge is -2.35. The van der Waals surface area contributed by atoms with Crippen LogP contribution >= 0.6 is 0 Å². The molecule has 0 amide bonds. The highest BCUT2D eigenvalue weighted by Crippen LogP contribution is 2.38. The lowest BCUT2D eigenvalue weighted by molar-refractivity contribution is 0.388. The van der Waals surface area contributed by atoms with Gasteiger partial charge in [-0.2, -0.15) is 0 Å². The molecule has 3 unspecified atom stereocenters. The highest BCUT2D eigenvalue weighted by molar-refractivity contribution is 7.92. The fourth-order valence-corrected chi connectivity index (χ4v) is 6.63. The maximum Gasteiger partial charge on any atom is 0.157 e. The van der Waals surface area contributed by atoms with Gasteiger partial charge in [0.15, 0.2) is 9.84 Å². The van der Waals surface area contributed by atoms with E-state index < -0.39 is 9.84 Å². The molecule has 3 nitrogen and oxygen atoms in total. The Balaban J connectivity index is 1.80. The minimum Gasteiger partial charge on any atom is -0.327 e. The van der Waals surface area contributed by atoms with E-state index in [-0.39, 0.29) is 16.5 Å². The number of nitrogens with two attached hydrogens (primary N) is 1. The van der Waals surface area contributed by atoms with E-state index in [1.807, 2.05) is 18.2 Å². The first-order valence-electron chi connectivity index (χ1n) is 8.12. The molecule has 3 atom stereocenters. The zero-order valence-corrected chi connectivity index (χ0v) is 13.3. The van der Waals surface area contributed by atoms with Gasteiger partial charge >= 0.3 is 0 Å². The van der Waals surface area contributed by atoms with Crippen molar-refractivity contribution in [3.8, 4) is 0 Å². The molecule has 0 spiro atoms. The first kappa shape index (κ1) is 15.0. The Bertz CT molecular complexity index is 564. The van der Waals surface area contributed by atoms with Crippen molar-refractivity contribution in [1.29, 1.82) is 0 Å². The van der Waals surface area contributed by atoms with E-state index in [0.717, 1.165) is 38.5 Å². The Morgan fingerprint density at radius 1 is 0.952 bits per heavy atom. The summed E-state index contributed by atoms with van der Waals surface area (Å²) in [5.41, 5.74) is 7.45. The average Bonchev–Trinajstić information content (AvgIpc) is 3.03. The van der Waals surface area contributed by atoms with Crippen LogP contribution in [0.4, 0.5) is 0 Å². The van der Waals surface area contributed by atoms with Crippen LogP contribution in [0, 0.1) is 0 Å². The van der Waals surface area contributed by atoms with E-state index in [4.69, 9.17) is 5.73 Å². The lowest BCUT2D eigenvalue weighted by Crippen LogP contribution is -2.47. The summed E-state index contributed by atoms with van der Waals surface area (Å²) in [5.74, 6) is 0.340. The molecule has 0 heterocycles. The Labute approximate surface area is 127 Å². The van der Waals surface area contributed by atoms with Gasteiger partial charge < -0.3 is 5.73 Å². The summed E-state index contributed by atoms with van der Waals surface area (Å²) in [6, 6.07) is 10.1. The van der Waals surface area contributed by atoms with Crippen molar-refractivity contribution >= 4 is 9.84 Å². The molecule has 2 aliphatic rings. The third-order valence-electron chi connectivity index (χ3n) is 5.30. The van der Waals surface area contributed by atoms with Crippen LogP contribution in [0.25, 0.3) is 0 Å². The van der Waals surface area contributed by atoms with Crippen molar-refractivity contribution < 1.29 is 8.42 Å². The van der Waals surface area contributed by atoms with Gasteiger partial charge in [-0.1, -0.05) is 43.2 Å². The van der Waals surface area contributed by atoms with Crippen LogP contribution in [0.15, 0.2) is 30.3 Å². The standard InChI is InChI=1S/C17H25NO2S/c18-16-11-10-14(13-6-2-1-3-7-13)12-17(16)21(19,20)15-8-4-5-9-15/h1-3,6-7,14-17H,4-5,8-12,18H2. The molecule has 116 valence electrons. The van der Waals surface area contributed by atoms with Crippen LogP contribution in [-0.4, -0.2) is 25.0 Å². The Kier molecular flexibility index (Phi) is 4.36. The minimum atomic E-state index is -3.08. The number of benzene rings is 1. The van der Waals surface area contributed by atoms with Gasteiger partial charge in [0.05, 0.1) is 10.5 Å². The van der Waals surface area contributed by atoms with Crippen LogP contribution in [0.5, 0.6) is 0 Å². The van der Waals surface area contributed by atoms with Gasteiger partial charge in [-0.15, -0.1) is 0 Å². The maximum absolute atomic E-state index is 12.9. The van der Waals surface area contributed by atoms with Crippen molar-refractivity contribution in [1.82, 2.24) is 0 Å². The van der Waals surface area contributed by atoms with E-state index >= 15 is 0 Å². The second-order valence-electron chi connectivity index (χ2n) is 6.62. The second kappa shape index (κ2) is 6.09. The largest absolute Gasteiger partial charge is 0.327 e. The van der Waals surface area contributed by atoms with Crippen LogP contribution < -0.4 is 5.73 Å². The summed E-state index contributed by atoms with van der Waals surface area (Å²) in [6.45, 7) is 0. The summed E-state index contributed by atoms with van der Waals surface area (Å²) in [4.78, 5) is 0. The Morgan fingerprint density at radius 2 is 1.62 bits per heavy atom. The van der Waals surface area contributed by atoms with E-state index in [0.29, 0.717) is 12.3 Å². The Hall–Kier alpha value is -0.870. The molecule has 21 heavy (non-hydrogen) atoms. The summed E-state index contributed by atoms with van der Waals surface area (Å²) in [7, 11) is -3.08. The van der Waals surface area contributed by atoms with Gasteiger partial charge in [0, 0.05) is 6.04 Å². The molecule has 0 aromatic heterocycles. The van der Waals surface area contributed by atoms with Crippen LogP contribution in [0.3, 0.4) is 0 Å². The highest BCUT2D eigenvalue weighted by atomic mass is 32.2. The zero-order valence-electron chi connectivity index (χ0n) is 12.4. The van der Waals surface area contributed by atoms with Crippen molar-refractivity contribution in [3.05, 3.63) is 35.9 Å². The third-order valence-corrected chi connectivity index (χ3v) is 8.09. The van der Waals surface area contributed by atoms with Gasteiger partial charge in [-0.25, -0.2) is 8.42 Å². The summed E-state index contributed by atoms with van der Waals surface area (Å²) in [5, 5.41) is -0.484. The van der Waals surface area contributed by atoms with E-state index in [1.165, 1.54) is 5.56 Å². The third kappa shape index (κ3) is 3.02. The summed E-state index contributed by atoms with van der Waals surface area (Å²) < 4.78 is 25.8. The van der Waals surface area contributed by atoms with Crippen molar-refractivity contribution in [2.45, 2.75) is 67.4 Å². The monoisotopic (exact) mass is 307 g/mol. The first-order valence-corrected chi connectivity index (χ1v) is 9.73. The molecule has 0 radical (unpaired) electrons. The van der Waals surface area contributed by atoms with Crippen molar-refractivity contribution in [2.24, 2.45) is 5.73 Å². The quantitative estimate of drug-likeness (QED) is 0.934.